The minimum atomic E-state index is 0.391. The Kier molecular flexibility index (Phi) is 5.16. The van der Waals surface area contributed by atoms with Crippen LogP contribution in [0.25, 0.3) is 11.2 Å². The van der Waals surface area contributed by atoms with E-state index in [0.29, 0.717) is 18.4 Å². The first-order valence-electron chi connectivity index (χ1n) is 6.66. The van der Waals surface area contributed by atoms with Crippen LogP contribution in [-0.4, -0.2) is 27.7 Å². The summed E-state index contributed by atoms with van der Waals surface area (Å²) < 4.78 is 7.69. The van der Waals surface area contributed by atoms with E-state index in [-0.39, 0.29) is 0 Å². The maximum Gasteiger partial charge on any atom is 0.160 e. The van der Waals surface area contributed by atoms with Crippen LogP contribution in [0.1, 0.15) is 26.1 Å². The van der Waals surface area contributed by atoms with Crippen molar-refractivity contribution < 1.29 is 4.74 Å². The number of hydrogen-bond donors (Lipinski definition) is 0. The number of nitrogens with zero attached hydrogens (tertiary/aromatic N) is 3. The van der Waals surface area contributed by atoms with Gasteiger partial charge in [0.1, 0.15) is 11.3 Å². The Labute approximate surface area is 118 Å². The standard InChI is InChI=1S/C14H20ClN3O/c1-11(2)5-8-19-9-7-18-13(10-15)17-12-4-3-6-16-14(12)18/h3-4,6,11H,5,7-10H2,1-2H3. The van der Waals surface area contributed by atoms with Gasteiger partial charge in [-0.25, -0.2) is 9.97 Å². The molecule has 0 aliphatic heterocycles. The Morgan fingerprint density at radius 2 is 2.21 bits per heavy atom. The van der Waals surface area contributed by atoms with Gasteiger partial charge in [0.25, 0.3) is 0 Å². The molecule has 0 aliphatic carbocycles. The SMILES string of the molecule is CC(C)CCOCCn1c(CCl)nc2cccnc21. The summed E-state index contributed by atoms with van der Waals surface area (Å²) in [6, 6.07) is 3.84. The van der Waals surface area contributed by atoms with E-state index in [1.54, 1.807) is 6.20 Å². The Bertz CT molecular complexity index is 524. The number of halogens is 1. The molecule has 0 radical (unpaired) electrons. The van der Waals surface area contributed by atoms with E-state index >= 15 is 0 Å². The van der Waals surface area contributed by atoms with Crippen LogP contribution in [0.2, 0.25) is 0 Å². The number of aromatic nitrogens is 3. The summed E-state index contributed by atoms with van der Waals surface area (Å²) in [5.41, 5.74) is 1.77. The van der Waals surface area contributed by atoms with Crippen LogP contribution < -0.4 is 0 Å². The fourth-order valence-electron chi connectivity index (χ4n) is 1.92. The highest BCUT2D eigenvalue weighted by atomic mass is 35.5. The first-order chi connectivity index (χ1) is 9.22. The van der Waals surface area contributed by atoms with Crippen LogP contribution in [-0.2, 0) is 17.2 Å². The van der Waals surface area contributed by atoms with Crippen LogP contribution in [0.15, 0.2) is 18.3 Å². The van der Waals surface area contributed by atoms with Crippen LogP contribution >= 0.6 is 11.6 Å². The molecule has 0 saturated carbocycles. The normalized spacial score (nSPS) is 11.6. The highest BCUT2D eigenvalue weighted by Crippen LogP contribution is 2.14. The van der Waals surface area contributed by atoms with Gasteiger partial charge in [0.05, 0.1) is 12.5 Å². The zero-order chi connectivity index (χ0) is 13.7. The molecule has 0 fully saturated rings. The fraction of sp³-hybridized carbons (Fsp3) is 0.571. The predicted molar refractivity (Wildman–Crippen MR) is 77.4 cm³/mol. The molecular formula is C14H20ClN3O. The Morgan fingerprint density at radius 3 is 2.95 bits per heavy atom. The van der Waals surface area contributed by atoms with Crippen molar-refractivity contribution in [2.24, 2.45) is 5.92 Å². The van der Waals surface area contributed by atoms with Gasteiger partial charge in [-0.15, -0.1) is 11.6 Å². The number of rotatable bonds is 7. The van der Waals surface area contributed by atoms with Gasteiger partial charge in [-0.3, -0.25) is 0 Å². The minimum absolute atomic E-state index is 0.391. The van der Waals surface area contributed by atoms with E-state index in [1.807, 2.05) is 16.7 Å². The van der Waals surface area contributed by atoms with Crippen molar-refractivity contribution >= 4 is 22.8 Å². The molecule has 0 aromatic carbocycles. The van der Waals surface area contributed by atoms with Gasteiger partial charge < -0.3 is 9.30 Å². The molecule has 2 rings (SSSR count). The molecule has 0 unspecified atom stereocenters. The van der Waals surface area contributed by atoms with Crippen molar-refractivity contribution in [1.29, 1.82) is 0 Å². The quantitative estimate of drug-likeness (QED) is 0.578. The zero-order valence-electron chi connectivity index (χ0n) is 11.5. The van der Waals surface area contributed by atoms with Crippen LogP contribution in [0, 0.1) is 5.92 Å². The van der Waals surface area contributed by atoms with Crippen molar-refractivity contribution in [1.82, 2.24) is 14.5 Å². The van der Waals surface area contributed by atoms with Crippen molar-refractivity contribution in [2.45, 2.75) is 32.7 Å². The fourth-order valence-corrected chi connectivity index (χ4v) is 2.12. The van der Waals surface area contributed by atoms with Crippen molar-refractivity contribution in [3.8, 4) is 0 Å². The first kappa shape index (κ1) is 14.3. The third kappa shape index (κ3) is 3.67. The number of fused-ring (bicyclic) bond motifs is 1. The summed E-state index contributed by atoms with van der Waals surface area (Å²) in [5.74, 6) is 1.92. The summed E-state index contributed by atoms with van der Waals surface area (Å²) >= 11 is 5.93. The molecule has 0 bridgehead atoms. The molecule has 2 heterocycles. The summed E-state index contributed by atoms with van der Waals surface area (Å²) in [5, 5.41) is 0. The topological polar surface area (TPSA) is 39.9 Å². The molecule has 19 heavy (non-hydrogen) atoms. The molecule has 0 saturated heterocycles. The van der Waals surface area contributed by atoms with Crippen molar-refractivity contribution in [3.05, 3.63) is 24.2 Å². The van der Waals surface area contributed by atoms with E-state index in [1.165, 1.54) is 0 Å². The summed E-state index contributed by atoms with van der Waals surface area (Å²) in [6.45, 7) is 6.60. The average Bonchev–Trinajstić information content (AvgIpc) is 2.76. The van der Waals surface area contributed by atoms with E-state index in [9.17, 15) is 0 Å². The van der Waals surface area contributed by atoms with Crippen molar-refractivity contribution in [2.75, 3.05) is 13.2 Å². The van der Waals surface area contributed by atoms with Crippen LogP contribution in [0.5, 0.6) is 0 Å². The van der Waals surface area contributed by atoms with E-state index in [2.05, 4.69) is 23.8 Å². The number of imidazole rings is 1. The molecule has 0 spiro atoms. The van der Waals surface area contributed by atoms with Gasteiger partial charge >= 0.3 is 0 Å². The maximum absolute atomic E-state index is 5.93. The highest BCUT2D eigenvalue weighted by molar-refractivity contribution is 6.16. The first-order valence-corrected chi connectivity index (χ1v) is 7.19. The third-order valence-corrected chi connectivity index (χ3v) is 3.24. The molecule has 0 amide bonds. The molecule has 2 aromatic heterocycles. The van der Waals surface area contributed by atoms with Gasteiger partial charge in [0.2, 0.25) is 0 Å². The van der Waals surface area contributed by atoms with Gasteiger partial charge in [0.15, 0.2) is 5.65 Å². The molecular weight excluding hydrogens is 262 g/mol. The molecule has 4 nitrogen and oxygen atoms in total. The maximum atomic E-state index is 5.93. The average molecular weight is 282 g/mol. The molecule has 0 aliphatic rings. The van der Waals surface area contributed by atoms with Crippen molar-refractivity contribution in [3.63, 3.8) is 0 Å². The lowest BCUT2D eigenvalue weighted by Crippen LogP contribution is -2.10. The van der Waals surface area contributed by atoms with E-state index < -0.39 is 0 Å². The lowest BCUT2D eigenvalue weighted by Gasteiger charge is -2.09. The third-order valence-electron chi connectivity index (χ3n) is 3.00. The predicted octanol–water partition coefficient (Wildman–Crippen LogP) is 3.23. The second-order valence-corrected chi connectivity index (χ2v) is 5.22. The van der Waals surface area contributed by atoms with Gasteiger partial charge in [-0.1, -0.05) is 13.8 Å². The molecule has 5 heteroatoms. The zero-order valence-corrected chi connectivity index (χ0v) is 12.2. The van der Waals surface area contributed by atoms with Crippen LogP contribution in [0.4, 0.5) is 0 Å². The lowest BCUT2D eigenvalue weighted by atomic mass is 10.1. The van der Waals surface area contributed by atoms with E-state index in [4.69, 9.17) is 16.3 Å². The summed E-state index contributed by atoms with van der Waals surface area (Å²) in [6.07, 6.45) is 2.86. The summed E-state index contributed by atoms with van der Waals surface area (Å²) in [7, 11) is 0. The Morgan fingerprint density at radius 1 is 1.37 bits per heavy atom. The minimum Gasteiger partial charge on any atom is -0.380 e. The summed E-state index contributed by atoms with van der Waals surface area (Å²) in [4.78, 5) is 8.83. The number of pyridine rings is 1. The van der Waals surface area contributed by atoms with Crippen LogP contribution in [0.3, 0.4) is 0 Å². The monoisotopic (exact) mass is 281 g/mol. The second-order valence-electron chi connectivity index (χ2n) is 4.95. The molecule has 0 atom stereocenters. The van der Waals surface area contributed by atoms with Gasteiger partial charge in [0, 0.05) is 19.3 Å². The molecule has 104 valence electrons. The second kappa shape index (κ2) is 6.87. The lowest BCUT2D eigenvalue weighted by molar-refractivity contribution is 0.116. The number of ether oxygens (including phenoxy) is 1. The smallest absolute Gasteiger partial charge is 0.160 e. The van der Waals surface area contributed by atoms with Gasteiger partial charge in [-0.05, 0) is 24.5 Å². The molecule has 0 N–H and O–H groups in total. The Balaban J connectivity index is 1.99. The highest BCUT2D eigenvalue weighted by Gasteiger charge is 2.10. The number of hydrogen-bond acceptors (Lipinski definition) is 3. The van der Waals surface area contributed by atoms with Gasteiger partial charge in [-0.2, -0.15) is 0 Å². The largest absolute Gasteiger partial charge is 0.380 e. The molecule has 2 aromatic rings. The van der Waals surface area contributed by atoms with E-state index in [0.717, 1.165) is 36.6 Å². The number of alkyl halides is 1. The Hall–Kier alpha value is -1.13.